The third kappa shape index (κ3) is 3.50. The second-order valence-corrected chi connectivity index (χ2v) is 7.49. The summed E-state index contributed by atoms with van der Waals surface area (Å²) in [4.78, 5) is 23.9. The molecule has 1 fully saturated rings. The highest BCUT2D eigenvalue weighted by molar-refractivity contribution is 5.80. The van der Waals surface area contributed by atoms with Crippen LogP contribution in [0.25, 0.3) is 0 Å². The van der Waals surface area contributed by atoms with Gasteiger partial charge in [0.2, 0.25) is 5.91 Å². The molecule has 2 atom stereocenters. The Labute approximate surface area is 162 Å². The van der Waals surface area contributed by atoms with Gasteiger partial charge in [-0.15, -0.1) is 0 Å². The molecule has 0 saturated carbocycles. The van der Waals surface area contributed by atoms with Crippen LogP contribution in [0.4, 0.5) is 8.78 Å². The van der Waals surface area contributed by atoms with Gasteiger partial charge in [-0.05, 0) is 39.3 Å². The smallest absolute Gasteiger partial charge is 0.282 e. The first kappa shape index (κ1) is 18.9. The molecule has 0 aliphatic carbocycles. The van der Waals surface area contributed by atoms with E-state index >= 15 is 0 Å². The van der Waals surface area contributed by atoms with Crippen molar-refractivity contribution in [3.05, 3.63) is 40.7 Å². The third-order valence-corrected chi connectivity index (χ3v) is 5.53. The molecular formula is C19H24F2N6O. The van der Waals surface area contributed by atoms with Crippen LogP contribution in [0.5, 0.6) is 0 Å². The van der Waals surface area contributed by atoms with Crippen LogP contribution in [0.1, 0.15) is 66.7 Å². The normalized spacial score (nSPS) is 20.5. The van der Waals surface area contributed by atoms with E-state index in [-0.39, 0.29) is 17.6 Å². The van der Waals surface area contributed by atoms with E-state index in [4.69, 9.17) is 4.98 Å². The van der Waals surface area contributed by atoms with Crippen LogP contribution in [0.15, 0.2) is 12.3 Å². The molecule has 2 aromatic heterocycles. The average Bonchev–Trinajstić information content (AvgIpc) is 3.36. The maximum absolute atomic E-state index is 12.9. The Morgan fingerprint density at radius 3 is 2.89 bits per heavy atom. The molecule has 0 spiro atoms. The number of amides is 1. The summed E-state index contributed by atoms with van der Waals surface area (Å²) < 4.78 is 27.2. The van der Waals surface area contributed by atoms with E-state index in [0.29, 0.717) is 25.2 Å². The quantitative estimate of drug-likeness (QED) is 0.868. The summed E-state index contributed by atoms with van der Waals surface area (Å²) in [6.45, 7) is 5.34. The van der Waals surface area contributed by atoms with Crippen LogP contribution >= 0.6 is 0 Å². The van der Waals surface area contributed by atoms with Crippen molar-refractivity contribution in [1.29, 1.82) is 0 Å². The highest BCUT2D eigenvalue weighted by Gasteiger charge is 2.29. The number of aryl methyl sites for hydroxylation is 1. The van der Waals surface area contributed by atoms with Crippen molar-refractivity contribution in [2.24, 2.45) is 0 Å². The van der Waals surface area contributed by atoms with Crippen molar-refractivity contribution in [1.82, 2.24) is 30.0 Å². The predicted molar refractivity (Wildman–Crippen MR) is 97.8 cm³/mol. The Morgan fingerprint density at radius 1 is 1.39 bits per heavy atom. The lowest BCUT2D eigenvalue weighted by atomic mass is 10.1. The standard InChI is InChI=1S/C19H24F2N6O/c1-11-8-16(17(20)21)25-27(11)12(2)19(28)26-7-5-14-13(10-26)9-23-18(24-14)15-4-3-6-22-15/h8-9,12,15,17,22H,3-7,10H2,1-2H3/t12-,15-/m0/s1. The number of carbonyl (C=O) groups is 1. The SMILES string of the molecule is Cc1cc(C(F)F)nn1[C@@H](C)C(=O)N1CCc2nc([C@@H]3CCCN3)ncc2C1. The molecule has 1 N–H and O–H groups in total. The zero-order valence-electron chi connectivity index (χ0n) is 16.0. The molecule has 0 aromatic carbocycles. The Hall–Kier alpha value is -2.42. The van der Waals surface area contributed by atoms with Gasteiger partial charge in [0, 0.05) is 37.0 Å². The van der Waals surface area contributed by atoms with E-state index in [2.05, 4.69) is 15.4 Å². The van der Waals surface area contributed by atoms with E-state index in [1.807, 2.05) is 6.20 Å². The average molecular weight is 390 g/mol. The second kappa shape index (κ2) is 7.54. The third-order valence-electron chi connectivity index (χ3n) is 5.53. The van der Waals surface area contributed by atoms with Gasteiger partial charge in [-0.3, -0.25) is 9.48 Å². The van der Waals surface area contributed by atoms with E-state index in [1.165, 1.54) is 10.7 Å². The van der Waals surface area contributed by atoms with Crippen LogP contribution in [-0.2, 0) is 17.8 Å². The van der Waals surface area contributed by atoms with E-state index in [0.717, 1.165) is 36.5 Å². The van der Waals surface area contributed by atoms with Gasteiger partial charge in [0.1, 0.15) is 17.6 Å². The Bertz CT molecular complexity index is 877. The Kier molecular flexibility index (Phi) is 5.09. The lowest BCUT2D eigenvalue weighted by Crippen LogP contribution is -2.40. The molecule has 1 saturated heterocycles. The minimum atomic E-state index is -2.65. The molecule has 0 unspecified atom stereocenters. The Balaban J connectivity index is 1.48. The molecule has 2 aliphatic rings. The summed E-state index contributed by atoms with van der Waals surface area (Å²) in [7, 11) is 0. The molecule has 7 nitrogen and oxygen atoms in total. The number of carbonyl (C=O) groups excluding carboxylic acids is 1. The van der Waals surface area contributed by atoms with Gasteiger partial charge in [-0.2, -0.15) is 5.10 Å². The van der Waals surface area contributed by atoms with Crippen molar-refractivity contribution in [2.75, 3.05) is 13.1 Å². The minimum Gasteiger partial charge on any atom is -0.336 e. The van der Waals surface area contributed by atoms with Gasteiger partial charge in [0.15, 0.2) is 0 Å². The lowest BCUT2D eigenvalue weighted by Gasteiger charge is -2.31. The molecule has 1 amide bonds. The lowest BCUT2D eigenvalue weighted by molar-refractivity contribution is -0.135. The number of aromatic nitrogens is 4. The van der Waals surface area contributed by atoms with E-state index in [1.54, 1.807) is 18.7 Å². The van der Waals surface area contributed by atoms with Gasteiger partial charge in [0.05, 0.1) is 11.7 Å². The van der Waals surface area contributed by atoms with Gasteiger partial charge in [-0.25, -0.2) is 18.7 Å². The van der Waals surface area contributed by atoms with Crippen molar-refractivity contribution < 1.29 is 13.6 Å². The van der Waals surface area contributed by atoms with Crippen LogP contribution < -0.4 is 5.32 Å². The molecule has 2 aromatic rings. The summed E-state index contributed by atoms with van der Waals surface area (Å²) in [6.07, 6.45) is 2.01. The molecule has 2 aliphatic heterocycles. The van der Waals surface area contributed by atoms with Crippen LogP contribution in [0.3, 0.4) is 0 Å². The molecule has 150 valence electrons. The summed E-state index contributed by atoms with van der Waals surface area (Å²) >= 11 is 0. The minimum absolute atomic E-state index is 0.140. The first-order valence-corrected chi connectivity index (χ1v) is 9.65. The first-order chi connectivity index (χ1) is 13.4. The van der Waals surface area contributed by atoms with Crippen molar-refractivity contribution >= 4 is 5.91 Å². The van der Waals surface area contributed by atoms with Gasteiger partial charge in [0.25, 0.3) is 6.43 Å². The highest BCUT2D eigenvalue weighted by Crippen LogP contribution is 2.25. The van der Waals surface area contributed by atoms with E-state index < -0.39 is 12.5 Å². The highest BCUT2D eigenvalue weighted by atomic mass is 19.3. The van der Waals surface area contributed by atoms with Crippen molar-refractivity contribution in [3.63, 3.8) is 0 Å². The zero-order chi connectivity index (χ0) is 19.8. The van der Waals surface area contributed by atoms with Crippen LogP contribution in [-0.4, -0.2) is 43.6 Å². The first-order valence-electron chi connectivity index (χ1n) is 9.65. The second-order valence-electron chi connectivity index (χ2n) is 7.49. The molecule has 0 radical (unpaired) electrons. The number of nitrogens with zero attached hydrogens (tertiary/aromatic N) is 5. The van der Waals surface area contributed by atoms with Gasteiger partial charge < -0.3 is 10.2 Å². The zero-order valence-corrected chi connectivity index (χ0v) is 16.0. The summed E-state index contributed by atoms with van der Waals surface area (Å²) in [5.74, 6) is 0.690. The topological polar surface area (TPSA) is 75.9 Å². The molecule has 0 bridgehead atoms. The number of hydrogen-bond donors (Lipinski definition) is 1. The largest absolute Gasteiger partial charge is 0.336 e. The number of fused-ring (bicyclic) bond motifs is 1. The van der Waals surface area contributed by atoms with Crippen molar-refractivity contribution in [2.45, 2.75) is 58.2 Å². The fraction of sp³-hybridized carbons (Fsp3) is 0.579. The fourth-order valence-corrected chi connectivity index (χ4v) is 3.97. The maximum Gasteiger partial charge on any atom is 0.282 e. The number of rotatable bonds is 4. The summed E-state index contributed by atoms with van der Waals surface area (Å²) in [5.41, 5.74) is 2.18. The Morgan fingerprint density at radius 2 is 2.21 bits per heavy atom. The molecule has 4 heterocycles. The maximum atomic E-state index is 12.9. The molecule has 4 rings (SSSR count). The monoisotopic (exact) mass is 390 g/mol. The van der Waals surface area contributed by atoms with Crippen molar-refractivity contribution in [3.8, 4) is 0 Å². The predicted octanol–water partition coefficient (Wildman–Crippen LogP) is 2.49. The van der Waals surface area contributed by atoms with Gasteiger partial charge >= 0.3 is 0 Å². The number of halogens is 2. The number of nitrogens with one attached hydrogen (secondary N) is 1. The van der Waals surface area contributed by atoms with Crippen LogP contribution in [0.2, 0.25) is 0 Å². The molecule has 9 heteroatoms. The fourth-order valence-electron chi connectivity index (χ4n) is 3.97. The molecular weight excluding hydrogens is 366 g/mol. The summed E-state index contributed by atoms with van der Waals surface area (Å²) in [6, 6.07) is 0.903. The number of hydrogen-bond acceptors (Lipinski definition) is 5. The van der Waals surface area contributed by atoms with Crippen LogP contribution in [0, 0.1) is 6.92 Å². The van der Waals surface area contributed by atoms with E-state index in [9.17, 15) is 13.6 Å². The summed E-state index contributed by atoms with van der Waals surface area (Å²) in [5, 5.41) is 7.31. The molecule has 28 heavy (non-hydrogen) atoms. The van der Waals surface area contributed by atoms with Gasteiger partial charge in [-0.1, -0.05) is 0 Å². The number of alkyl halides is 2.